The molecule has 0 aromatic carbocycles. The van der Waals surface area contributed by atoms with Gasteiger partial charge in [0.15, 0.2) is 0 Å². The molecule has 4 heteroatoms. The first kappa shape index (κ1) is 12.9. The van der Waals surface area contributed by atoms with E-state index in [1.165, 1.54) is 6.26 Å². The third-order valence-electron chi connectivity index (χ3n) is 2.17. The van der Waals surface area contributed by atoms with E-state index >= 15 is 0 Å². The Morgan fingerprint density at radius 3 is 2.23 bits per heavy atom. The second-order valence-electron chi connectivity index (χ2n) is 3.37. The third kappa shape index (κ3) is 5.26. The van der Waals surface area contributed by atoms with Gasteiger partial charge in [0.25, 0.3) is 0 Å². The van der Waals surface area contributed by atoms with Crippen LogP contribution in [0.1, 0.15) is 26.7 Å². The summed E-state index contributed by atoms with van der Waals surface area (Å²) in [5.41, 5.74) is 0. The summed E-state index contributed by atoms with van der Waals surface area (Å²) in [5.74, 6) is 0.323. The zero-order valence-corrected chi connectivity index (χ0v) is 9.89. The second-order valence-corrected chi connectivity index (χ2v) is 5.55. The van der Waals surface area contributed by atoms with Crippen molar-refractivity contribution in [2.45, 2.75) is 32.7 Å². The Morgan fingerprint density at radius 2 is 1.92 bits per heavy atom. The average molecular weight is 207 g/mol. The third-order valence-corrected chi connectivity index (χ3v) is 3.16. The van der Waals surface area contributed by atoms with E-state index in [0.29, 0.717) is 5.75 Å². The van der Waals surface area contributed by atoms with Crippen LogP contribution < -0.4 is 0 Å². The Balaban J connectivity index is 0.000000671. The van der Waals surface area contributed by atoms with E-state index in [9.17, 15) is 8.42 Å². The molecule has 13 heavy (non-hydrogen) atoms. The topological polar surface area (TPSA) is 37.4 Å². The Morgan fingerprint density at radius 1 is 1.38 bits per heavy atom. The molecule has 0 aromatic heterocycles. The molecule has 0 N–H and O–H groups in total. The van der Waals surface area contributed by atoms with E-state index in [1.807, 2.05) is 20.9 Å². The van der Waals surface area contributed by atoms with E-state index in [4.69, 9.17) is 0 Å². The first-order valence-electron chi connectivity index (χ1n) is 4.87. The van der Waals surface area contributed by atoms with Crippen molar-refractivity contribution < 1.29 is 8.42 Å². The summed E-state index contributed by atoms with van der Waals surface area (Å²) in [7, 11) is -0.793. The van der Waals surface area contributed by atoms with Gasteiger partial charge in [0.05, 0.1) is 5.75 Å². The van der Waals surface area contributed by atoms with Crippen molar-refractivity contribution in [3.8, 4) is 0 Å². The summed E-state index contributed by atoms with van der Waals surface area (Å²) in [6.45, 7) is 5.04. The second kappa shape index (κ2) is 5.60. The van der Waals surface area contributed by atoms with Gasteiger partial charge in [-0.25, -0.2) is 8.42 Å². The highest BCUT2D eigenvalue weighted by atomic mass is 32.2. The van der Waals surface area contributed by atoms with Crippen LogP contribution >= 0.6 is 0 Å². The van der Waals surface area contributed by atoms with E-state index in [2.05, 4.69) is 4.90 Å². The summed E-state index contributed by atoms with van der Waals surface area (Å²) in [5, 5.41) is 0. The van der Waals surface area contributed by atoms with Gasteiger partial charge in [0.2, 0.25) is 0 Å². The van der Waals surface area contributed by atoms with Crippen molar-refractivity contribution in [3.05, 3.63) is 0 Å². The molecule has 1 atom stereocenters. The predicted octanol–water partition coefficient (Wildman–Crippen LogP) is 1.15. The summed E-state index contributed by atoms with van der Waals surface area (Å²) in [6, 6.07) is 0.269. The Kier molecular flexibility index (Phi) is 5.56. The summed E-state index contributed by atoms with van der Waals surface area (Å²) in [4.78, 5) is 2.13. The SMILES string of the molecule is CC.CN1CCCC1CS(C)(=O)=O. The average Bonchev–Trinajstić information content (AvgIpc) is 2.38. The normalized spacial score (nSPS) is 23.8. The molecule has 0 spiro atoms. The Hall–Kier alpha value is -0.0900. The lowest BCUT2D eigenvalue weighted by atomic mass is 10.2. The van der Waals surface area contributed by atoms with Gasteiger partial charge in [0, 0.05) is 12.3 Å². The van der Waals surface area contributed by atoms with E-state index in [1.54, 1.807) is 0 Å². The molecule has 0 saturated carbocycles. The van der Waals surface area contributed by atoms with Crippen molar-refractivity contribution in [2.24, 2.45) is 0 Å². The molecule has 1 aliphatic heterocycles. The molecule has 1 heterocycles. The van der Waals surface area contributed by atoms with Crippen LogP contribution in [0.3, 0.4) is 0 Å². The molecular weight excluding hydrogens is 186 g/mol. The smallest absolute Gasteiger partial charge is 0.148 e. The minimum absolute atomic E-state index is 0.269. The highest BCUT2D eigenvalue weighted by Gasteiger charge is 2.23. The number of hydrogen-bond acceptors (Lipinski definition) is 3. The van der Waals surface area contributed by atoms with Crippen molar-refractivity contribution in [1.29, 1.82) is 0 Å². The number of rotatable bonds is 2. The highest BCUT2D eigenvalue weighted by molar-refractivity contribution is 7.90. The highest BCUT2D eigenvalue weighted by Crippen LogP contribution is 2.15. The maximum atomic E-state index is 10.9. The minimum Gasteiger partial charge on any atom is -0.302 e. The number of likely N-dealkylation sites (tertiary alicyclic amines) is 1. The van der Waals surface area contributed by atoms with Crippen molar-refractivity contribution >= 4 is 9.84 Å². The van der Waals surface area contributed by atoms with Gasteiger partial charge in [-0.3, -0.25) is 0 Å². The fourth-order valence-electron chi connectivity index (χ4n) is 1.54. The van der Waals surface area contributed by atoms with Gasteiger partial charge in [-0.1, -0.05) is 13.8 Å². The van der Waals surface area contributed by atoms with Gasteiger partial charge in [-0.05, 0) is 26.4 Å². The molecule has 0 radical (unpaired) electrons. The van der Waals surface area contributed by atoms with E-state index < -0.39 is 9.84 Å². The Labute approximate surface area is 82.0 Å². The lowest BCUT2D eigenvalue weighted by Gasteiger charge is -2.17. The molecular formula is C9H21NO2S. The monoisotopic (exact) mass is 207 g/mol. The number of hydrogen-bond donors (Lipinski definition) is 0. The Bertz CT molecular complexity index is 224. The van der Waals surface area contributed by atoms with Crippen LogP contribution in [0.15, 0.2) is 0 Å². The standard InChI is InChI=1S/C7H15NO2S.C2H6/c1-8-5-3-4-7(8)6-11(2,9)10;1-2/h7H,3-6H2,1-2H3;1-2H3. The lowest BCUT2D eigenvalue weighted by Crippen LogP contribution is -2.31. The molecule has 1 aliphatic rings. The molecule has 1 rings (SSSR count). The first-order valence-corrected chi connectivity index (χ1v) is 6.93. The molecule has 0 aromatic rings. The summed E-state index contributed by atoms with van der Waals surface area (Å²) in [6.07, 6.45) is 3.47. The molecule has 3 nitrogen and oxygen atoms in total. The zero-order valence-electron chi connectivity index (χ0n) is 9.08. The predicted molar refractivity (Wildman–Crippen MR) is 56.7 cm³/mol. The van der Waals surface area contributed by atoms with Gasteiger partial charge < -0.3 is 4.90 Å². The van der Waals surface area contributed by atoms with Crippen LogP contribution in [0, 0.1) is 0 Å². The van der Waals surface area contributed by atoms with Gasteiger partial charge in [0.1, 0.15) is 9.84 Å². The molecule has 1 saturated heterocycles. The van der Waals surface area contributed by atoms with Crippen molar-refractivity contribution in [2.75, 3.05) is 25.6 Å². The summed E-state index contributed by atoms with van der Waals surface area (Å²) < 4.78 is 21.8. The van der Waals surface area contributed by atoms with Crippen molar-refractivity contribution in [1.82, 2.24) is 4.90 Å². The zero-order chi connectivity index (χ0) is 10.5. The molecule has 0 amide bonds. The van der Waals surface area contributed by atoms with Crippen LogP contribution in [0.4, 0.5) is 0 Å². The van der Waals surface area contributed by atoms with Crippen LogP contribution in [-0.2, 0) is 9.84 Å². The van der Waals surface area contributed by atoms with E-state index in [-0.39, 0.29) is 6.04 Å². The molecule has 1 unspecified atom stereocenters. The summed E-state index contributed by atoms with van der Waals surface area (Å²) >= 11 is 0. The van der Waals surface area contributed by atoms with Crippen LogP contribution in [-0.4, -0.2) is 45.0 Å². The van der Waals surface area contributed by atoms with Crippen molar-refractivity contribution in [3.63, 3.8) is 0 Å². The number of nitrogens with zero attached hydrogens (tertiary/aromatic N) is 1. The fraction of sp³-hybridized carbons (Fsp3) is 1.00. The molecule has 80 valence electrons. The quantitative estimate of drug-likeness (QED) is 0.681. The molecule has 0 bridgehead atoms. The van der Waals surface area contributed by atoms with Crippen LogP contribution in [0.2, 0.25) is 0 Å². The number of sulfone groups is 1. The maximum absolute atomic E-state index is 10.9. The first-order chi connectivity index (χ1) is 5.99. The van der Waals surface area contributed by atoms with Crippen LogP contribution in [0.25, 0.3) is 0 Å². The molecule has 0 aliphatic carbocycles. The maximum Gasteiger partial charge on any atom is 0.148 e. The largest absolute Gasteiger partial charge is 0.302 e. The fourth-order valence-corrected chi connectivity index (χ4v) is 2.66. The van der Waals surface area contributed by atoms with Crippen LogP contribution in [0.5, 0.6) is 0 Å². The minimum atomic E-state index is -2.78. The van der Waals surface area contributed by atoms with Gasteiger partial charge in [-0.2, -0.15) is 0 Å². The molecule has 1 fully saturated rings. The lowest BCUT2D eigenvalue weighted by molar-refractivity contribution is 0.332. The van der Waals surface area contributed by atoms with E-state index in [0.717, 1.165) is 19.4 Å². The van der Waals surface area contributed by atoms with Gasteiger partial charge in [-0.15, -0.1) is 0 Å². The van der Waals surface area contributed by atoms with Gasteiger partial charge >= 0.3 is 0 Å².